The van der Waals surface area contributed by atoms with E-state index in [1.54, 1.807) is 16.9 Å². The number of ether oxygens (including phenoxy) is 1. The first-order valence-corrected chi connectivity index (χ1v) is 10.7. The molecule has 2 aliphatic rings. The predicted molar refractivity (Wildman–Crippen MR) is 110 cm³/mol. The highest BCUT2D eigenvalue weighted by molar-refractivity contribution is 8.01. The van der Waals surface area contributed by atoms with Crippen LogP contribution in [0.4, 0.5) is 13.2 Å². The molecule has 2 aliphatic heterocycles. The molecular formula is C20H23F3N4O4S. The molecule has 4 rings (SSSR count). The van der Waals surface area contributed by atoms with Crippen LogP contribution in [0.2, 0.25) is 0 Å². The number of carboxylic acids is 1. The van der Waals surface area contributed by atoms with Gasteiger partial charge >= 0.3 is 12.1 Å². The number of likely N-dealkylation sites (tertiary alicyclic amines) is 1. The van der Waals surface area contributed by atoms with E-state index in [0.29, 0.717) is 12.3 Å². The van der Waals surface area contributed by atoms with Crippen molar-refractivity contribution in [1.29, 1.82) is 0 Å². The average molecular weight is 472 g/mol. The summed E-state index contributed by atoms with van der Waals surface area (Å²) in [6.07, 6.45) is -2.05. The van der Waals surface area contributed by atoms with Gasteiger partial charge in [0, 0.05) is 37.8 Å². The van der Waals surface area contributed by atoms with Crippen molar-refractivity contribution in [3.63, 3.8) is 0 Å². The summed E-state index contributed by atoms with van der Waals surface area (Å²) >= 11 is 1.93. The van der Waals surface area contributed by atoms with Crippen molar-refractivity contribution in [2.75, 3.05) is 18.8 Å². The molecule has 2 saturated heterocycles. The molecule has 2 fully saturated rings. The van der Waals surface area contributed by atoms with E-state index in [-0.39, 0.29) is 16.8 Å². The van der Waals surface area contributed by atoms with E-state index < -0.39 is 12.1 Å². The van der Waals surface area contributed by atoms with Crippen molar-refractivity contribution in [3.8, 4) is 0 Å². The van der Waals surface area contributed by atoms with Crippen molar-refractivity contribution in [2.24, 2.45) is 7.05 Å². The smallest absolute Gasteiger partial charge is 0.475 e. The molecule has 0 aromatic carbocycles. The number of amides is 1. The lowest BCUT2D eigenvalue weighted by Crippen LogP contribution is -2.60. The number of carboxylic acid groups (broad SMARTS) is 1. The summed E-state index contributed by atoms with van der Waals surface area (Å²) in [5.41, 5.74) is 2.52. The van der Waals surface area contributed by atoms with Crippen molar-refractivity contribution in [2.45, 2.75) is 37.0 Å². The molecule has 4 heterocycles. The Morgan fingerprint density at radius 1 is 1.31 bits per heavy atom. The van der Waals surface area contributed by atoms with Crippen LogP contribution in [0.5, 0.6) is 0 Å². The first-order valence-electron chi connectivity index (χ1n) is 9.75. The summed E-state index contributed by atoms with van der Waals surface area (Å²) in [5.74, 6) is -1.75. The number of hydrogen-bond acceptors (Lipinski definition) is 6. The highest BCUT2D eigenvalue weighted by Crippen LogP contribution is 2.46. The lowest BCUT2D eigenvalue weighted by atomic mass is 9.92. The lowest BCUT2D eigenvalue weighted by Gasteiger charge is -2.47. The van der Waals surface area contributed by atoms with E-state index in [2.05, 4.69) is 10.1 Å². The van der Waals surface area contributed by atoms with Crippen molar-refractivity contribution < 1.29 is 32.6 Å². The maximum absolute atomic E-state index is 12.4. The minimum atomic E-state index is -5.08. The third-order valence-corrected chi connectivity index (χ3v) is 6.58. The van der Waals surface area contributed by atoms with E-state index in [1.165, 1.54) is 0 Å². The number of rotatable bonds is 4. The van der Waals surface area contributed by atoms with E-state index >= 15 is 0 Å². The van der Waals surface area contributed by atoms with Gasteiger partial charge in [-0.15, -0.1) is 11.8 Å². The average Bonchev–Trinajstić information content (AvgIpc) is 3.31. The number of thioether (sulfide) groups is 1. The Morgan fingerprint density at radius 2 is 2.00 bits per heavy atom. The number of pyridine rings is 1. The van der Waals surface area contributed by atoms with Gasteiger partial charge < -0.3 is 14.7 Å². The minimum absolute atomic E-state index is 0.0279. The summed E-state index contributed by atoms with van der Waals surface area (Å²) in [7, 11) is 1.83. The zero-order valence-electron chi connectivity index (χ0n) is 17.5. The van der Waals surface area contributed by atoms with Crippen LogP contribution in [0.25, 0.3) is 0 Å². The fourth-order valence-corrected chi connectivity index (χ4v) is 5.05. The summed E-state index contributed by atoms with van der Waals surface area (Å²) < 4.78 is 39.6. The maximum Gasteiger partial charge on any atom is 0.490 e. The van der Waals surface area contributed by atoms with Crippen molar-refractivity contribution in [1.82, 2.24) is 19.7 Å². The van der Waals surface area contributed by atoms with Crippen LogP contribution in [0.1, 0.15) is 28.3 Å². The van der Waals surface area contributed by atoms with Crippen LogP contribution in [0.15, 0.2) is 30.5 Å². The normalized spacial score (nSPS) is 19.3. The van der Waals surface area contributed by atoms with Crippen LogP contribution < -0.4 is 0 Å². The number of carbonyl (C=O) groups is 2. The number of carbonyl (C=O) groups excluding carboxylic acids is 1. The molecular weight excluding hydrogens is 449 g/mol. The van der Waals surface area contributed by atoms with E-state index in [9.17, 15) is 18.0 Å². The molecule has 1 N–H and O–H groups in total. The number of hydrogen-bond donors (Lipinski definition) is 1. The molecule has 174 valence electrons. The van der Waals surface area contributed by atoms with Gasteiger partial charge in [0.15, 0.2) is 0 Å². The van der Waals surface area contributed by atoms with Crippen LogP contribution in [-0.4, -0.2) is 72.5 Å². The van der Waals surface area contributed by atoms with Gasteiger partial charge in [0.2, 0.25) is 0 Å². The maximum atomic E-state index is 12.4. The van der Waals surface area contributed by atoms with Crippen LogP contribution >= 0.6 is 11.8 Å². The highest BCUT2D eigenvalue weighted by atomic mass is 32.2. The Hall–Kier alpha value is -2.60. The summed E-state index contributed by atoms with van der Waals surface area (Å²) in [5, 5.41) is 11.3. The number of halogens is 3. The second-order valence-electron chi connectivity index (χ2n) is 7.74. The summed E-state index contributed by atoms with van der Waals surface area (Å²) in [6, 6.07) is 7.78. The molecule has 2 aromatic heterocycles. The molecule has 2 aromatic rings. The van der Waals surface area contributed by atoms with Crippen LogP contribution in [0.3, 0.4) is 0 Å². The van der Waals surface area contributed by atoms with Crippen LogP contribution in [-0.2, 0) is 23.2 Å². The molecule has 0 saturated carbocycles. The van der Waals surface area contributed by atoms with E-state index in [4.69, 9.17) is 14.6 Å². The van der Waals surface area contributed by atoms with E-state index in [1.807, 2.05) is 48.8 Å². The van der Waals surface area contributed by atoms with Gasteiger partial charge in [-0.1, -0.05) is 6.07 Å². The lowest BCUT2D eigenvalue weighted by molar-refractivity contribution is -0.192. The largest absolute Gasteiger partial charge is 0.490 e. The molecule has 0 aliphatic carbocycles. The number of aromatic nitrogens is 3. The molecule has 1 amide bonds. The van der Waals surface area contributed by atoms with Crippen LogP contribution in [0, 0.1) is 6.92 Å². The Morgan fingerprint density at radius 3 is 2.56 bits per heavy atom. The molecule has 32 heavy (non-hydrogen) atoms. The zero-order chi connectivity index (χ0) is 23.5. The molecule has 0 radical (unpaired) electrons. The number of aryl methyl sites for hydroxylation is 2. The van der Waals surface area contributed by atoms with Gasteiger partial charge in [0.25, 0.3) is 5.91 Å². The van der Waals surface area contributed by atoms with Gasteiger partial charge in [0.1, 0.15) is 5.69 Å². The molecule has 1 atom stereocenters. The fourth-order valence-electron chi connectivity index (χ4n) is 3.50. The molecule has 12 heteroatoms. The monoisotopic (exact) mass is 472 g/mol. The number of nitrogens with zero attached hydrogens (tertiary/aromatic N) is 4. The summed E-state index contributed by atoms with van der Waals surface area (Å²) in [6.45, 7) is 4.12. The number of aliphatic carboxylic acids is 1. The minimum Gasteiger partial charge on any atom is -0.475 e. The van der Waals surface area contributed by atoms with Crippen molar-refractivity contribution in [3.05, 3.63) is 47.5 Å². The second kappa shape index (κ2) is 9.49. The molecule has 8 nitrogen and oxygen atoms in total. The Labute approximate surface area is 186 Å². The van der Waals surface area contributed by atoms with Gasteiger partial charge in [0.05, 0.1) is 23.2 Å². The topological polar surface area (TPSA) is 97.5 Å². The standard InChI is InChI=1S/C18H22N4O2S.C2HF3O2/c1-13-4-3-5-14(19-13)9-24-15-8-18(25-10-15)11-22(12-18)17(23)16-6-7-21(2)20-16;3-2(4,5)1(6)7/h3-7,15H,8-12H2,1-2H3;(H,6,7). The summed E-state index contributed by atoms with van der Waals surface area (Å²) in [4.78, 5) is 27.7. The molecule has 0 bridgehead atoms. The van der Waals surface area contributed by atoms with Crippen molar-refractivity contribution >= 4 is 23.6 Å². The van der Waals surface area contributed by atoms with Gasteiger partial charge in [-0.3, -0.25) is 14.5 Å². The molecule has 1 unspecified atom stereocenters. The SMILES string of the molecule is Cc1cccc(COC2CSC3(C2)CN(C(=O)c2ccn(C)n2)C3)n1.O=C(O)C(F)(F)F. The first kappa shape index (κ1) is 24.1. The Balaban J connectivity index is 0.000000360. The Kier molecular flexibility index (Phi) is 7.13. The zero-order valence-corrected chi connectivity index (χ0v) is 18.3. The third-order valence-electron chi connectivity index (χ3n) is 5.01. The molecule has 1 spiro atoms. The fraction of sp³-hybridized carbons (Fsp3) is 0.500. The predicted octanol–water partition coefficient (Wildman–Crippen LogP) is 2.67. The highest BCUT2D eigenvalue weighted by Gasteiger charge is 2.51. The quantitative estimate of drug-likeness (QED) is 0.731. The van der Waals surface area contributed by atoms with E-state index in [0.717, 1.165) is 36.7 Å². The third kappa shape index (κ3) is 6.00. The van der Waals surface area contributed by atoms with Gasteiger partial charge in [-0.2, -0.15) is 18.3 Å². The first-order chi connectivity index (χ1) is 15.0. The van der Waals surface area contributed by atoms with Gasteiger partial charge in [-0.05, 0) is 31.5 Å². The number of alkyl halides is 3. The Bertz CT molecular complexity index is 976. The van der Waals surface area contributed by atoms with Gasteiger partial charge in [-0.25, -0.2) is 4.79 Å². The second-order valence-corrected chi connectivity index (χ2v) is 9.23.